The molecule has 1 atom stereocenters. The van der Waals surface area contributed by atoms with Crippen molar-refractivity contribution in [3.8, 4) is 11.3 Å². The van der Waals surface area contributed by atoms with Gasteiger partial charge in [-0.2, -0.15) is 5.10 Å². The lowest BCUT2D eigenvalue weighted by atomic mass is 10.1. The number of nitrogens with two attached hydrogens (primary N) is 1. The Balaban J connectivity index is 2.23. The average Bonchev–Trinajstić information content (AvgIpc) is 2.84. The molecule has 0 saturated carbocycles. The minimum Gasteiger partial charge on any atom is -0.383 e. The van der Waals surface area contributed by atoms with Crippen LogP contribution in [-0.2, 0) is 11.3 Å². The van der Waals surface area contributed by atoms with Gasteiger partial charge in [0.15, 0.2) is 0 Å². The van der Waals surface area contributed by atoms with Crippen LogP contribution in [0, 0.1) is 0 Å². The van der Waals surface area contributed by atoms with Crippen molar-refractivity contribution in [2.75, 3.05) is 13.7 Å². The van der Waals surface area contributed by atoms with Crippen LogP contribution in [0.2, 0.25) is 0 Å². The monoisotopic (exact) mass is 245 g/mol. The molecule has 0 aliphatic heterocycles. The Morgan fingerprint density at radius 1 is 1.28 bits per heavy atom. The second kappa shape index (κ2) is 5.80. The van der Waals surface area contributed by atoms with Crippen molar-refractivity contribution in [1.82, 2.24) is 9.78 Å². The lowest BCUT2D eigenvalue weighted by Gasteiger charge is -2.09. The Labute approximate surface area is 107 Å². The molecule has 0 saturated heterocycles. The topological polar surface area (TPSA) is 53.1 Å². The second-order valence-corrected chi connectivity index (χ2v) is 4.34. The van der Waals surface area contributed by atoms with Gasteiger partial charge in [0, 0.05) is 19.3 Å². The van der Waals surface area contributed by atoms with Crippen molar-refractivity contribution < 1.29 is 4.74 Å². The van der Waals surface area contributed by atoms with Crippen molar-refractivity contribution in [3.63, 3.8) is 0 Å². The van der Waals surface area contributed by atoms with E-state index in [-0.39, 0.29) is 6.04 Å². The van der Waals surface area contributed by atoms with Crippen LogP contribution in [0.4, 0.5) is 0 Å². The Morgan fingerprint density at radius 2 is 2.00 bits per heavy atom. The standard InChI is InChI=1S/C14H19N3O/c1-11(15)12-3-5-13(6-4-12)14-7-8-16-17(14)9-10-18-2/h3-8,11H,9-10,15H2,1-2H3. The molecule has 4 nitrogen and oxygen atoms in total. The summed E-state index contributed by atoms with van der Waals surface area (Å²) in [5.41, 5.74) is 9.23. The number of methoxy groups -OCH3 is 1. The van der Waals surface area contributed by atoms with E-state index in [0.29, 0.717) is 6.61 Å². The molecule has 0 amide bonds. The van der Waals surface area contributed by atoms with Gasteiger partial charge in [0.25, 0.3) is 0 Å². The SMILES string of the molecule is COCCn1nccc1-c1ccc(C(C)N)cc1. The highest BCUT2D eigenvalue weighted by Crippen LogP contribution is 2.21. The van der Waals surface area contributed by atoms with E-state index in [0.717, 1.165) is 23.4 Å². The predicted octanol–water partition coefficient (Wildman–Crippen LogP) is 2.22. The highest BCUT2D eigenvalue weighted by Gasteiger charge is 2.06. The van der Waals surface area contributed by atoms with Crippen LogP contribution in [0.5, 0.6) is 0 Å². The van der Waals surface area contributed by atoms with E-state index in [1.807, 2.05) is 23.9 Å². The van der Waals surface area contributed by atoms with Gasteiger partial charge in [-0.15, -0.1) is 0 Å². The first-order valence-electron chi connectivity index (χ1n) is 6.09. The zero-order valence-electron chi connectivity index (χ0n) is 10.8. The third-order valence-electron chi connectivity index (χ3n) is 2.96. The first-order chi connectivity index (χ1) is 8.72. The summed E-state index contributed by atoms with van der Waals surface area (Å²) >= 11 is 0. The Kier molecular flexibility index (Phi) is 4.12. The van der Waals surface area contributed by atoms with Crippen molar-refractivity contribution in [1.29, 1.82) is 0 Å². The van der Waals surface area contributed by atoms with E-state index in [4.69, 9.17) is 10.5 Å². The number of rotatable bonds is 5. The fraction of sp³-hybridized carbons (Fsp3) is 0.357. The average molecular weight is 245 g/mol. The fourth-order valence-electron chi connectivity index (χ4n) is 1.89. The van der Waals surface area contributed by atoms with E-state index < -0.39 is 0 Å². The van der Waals surface area contributed by atoms with E-state index in [9.17, 15) is 0 Å². The lowest BCUT2D eigenvalue weighted by molar-refractivity contribution is 0.184. The van der Waals surface area contributed by atoms with Crippen LogP contribution in [0.1, 0.15) is 18.5 Å². The Morgan fingerprint density at radius 3 is 2.61 bits per heavy atom. The second-order valence-electron chi connectivity index (χ2n) is 4.34. The van der Waals surface area contributed by atoms with Gasteiger partial charge in [0.05, 0.1) is 18.8 Å². The number of benzene rings is 1. The third-order valence-corrected chi connectivity index (χ3v) is 2.96. The molecule has 0 fully saturated rings. The largest absolute Gasteiger partial charge is 0.383 e. The normalized spacial score (nSPS) is 12.6. The predicted molar refractivity (Wildman–Crippen MR) is 72.1 cm³/mol. The summed E-state index contributed by atoms with van der Waals surface area (Å²) in [4.78, 5) is 0. The molecule has 0 aliphatic rings. The molecule has 2 rings (SSSR count). The quantitative estimate of drug-likeness (QED) is 0.878. The van der Waals surface area contributed by atoms with Crippen molar-refractivity contribution >= 4 is 0 Å². The molecule has 1 aromatic heterocycles. The molecule has 18 heavy (non-hydrogen) atoms. The van der Waals surface area contributed by atoms with Crippen LogP contribution >= 0.6 is 0 Å². The molecule has 1 unspecified atom stereocenters. The third kappa shape index (κ3) is 2.78. The smallest absolute Gasteiger partial charge is 0.0683 e. The van der Waals surface area contributed by atoms with E-state index >= 15 is 0 Å². The molecule has 2 aromatic rings. The molecule has 2 N–H and O–H groups in total. The molecule has 96 valence electrons. The first-order valence-corrected chi connectivity index (χ1v) is 6.09. The molecular weight excluding hydrogens is 226 g/mol. The molecule has 1 aromatic carbocycles. The van der Waals surface area contributed by atoms with Crippen molar-refractivity contribution in [2.45, 2.75) is 19.5 Å². The van der Waals surface area contributed by atoms with Crippen molar-refractivity contribution in [3.05, 3.63) is 42.1 Å². The molecule has 4 heteroatoms. The van der Waals surface area contributed by atoms with Crippen LogP contribution in [0.3, 0.4) is 0 Å². The maximum absolute atomic E-state index is 5.84. The fourth-order valence-corrected chi connectivity index (χ4v) is 1.89. The summed E-state index contributed by atoms with van der Waals surface area (Å²) in [7, 11) is 1.70. The maximum atomic E-state index is 5.84. The molecule has 1 heterocycles. The highest BCUT2D eigenvalue weighted by atomic mass is 16.5. The van der Waals surface area contributed by atoms with Gasteiger partial charge >= 0.3 is 0 Å². The number of hydrogen-bond donors (Lipinski definition) is 1. The highest BCUT2D eigenvalue weighted by molar-refractivity contribution is 5.59. The lowest BCUT2D eigenvalue weighted by Crippen LogP contribution is -2.07. The van der Waals surface area contributed by atoms with E-state index in [1.165, 1.54) is 0 Å². The minimum absolute atomic E-state index is 0.0671. The van der Waals surface area contributed by atoms with Gasteiger partial charge in [-0.3, -0.25) is 4.68 Å². The van der Waals surface area contributed by atoms with Crippen LogP contribution < -0.4 is 5.73 Å². The minimum atomic E-state index is 0.0671. The zero-order chi connectivity index (χ0) is 13.0. The zero-order valence-corrected chi connectivity index (χ0v) is 10.8. The van der Waals surface area contributed by atoms with Crippen molar-refractivity contribution in [2.24, 2.45) is 5.73 Å². The van der Waals surface area contributed by atoms with Crippen LogP contribution in [0.25, 0.3) is 11.3 Å². The summed E-state index contributed by atoms with van der Waals surface area (Å²) in [6, 6.07) is 10.4. The molecule has 0 aliphatic carbocycles. The molecule has 0 radical (unpaired) electrons. The van der Waals surface area contributed by atoms with E-state index in [2.05, 4.69) is 29.4 Å². The number of ether oxygens (including phenoxy) is 1. The van der Waals surface area contributed by atoms with Crippen LogP contribution in [0.15, 0.2) is 36.5 Å². The summed E-state index contributed by atoms with van der Waals surface area (Å²) in [6.07, 6.45) is 1.81. The maximum Gasteiger partial charge on any atom is 0.0683 e. The van der Waals surface area contributed by atoms with Crippen LogP contribution in [-0.4, -0.2) is 23.5 Å². The van der Waals surface area contributed by atoms with Gasteiger partial charge in [0.1, 0.15) is 0 Å². The van der Waals surface area contributed by atoms with E-state index in [1.54, 1.807) is 7.11 Å². The number of hydrogen-bond acceptors (Lipinski definition) is 3. The van der Waals surface area contributed by atoms with Gasteiger partial charge < -0.3 is 10.5 Å². The summed E-state index contributed by atoms with van der Waals surface area (Å²) in [5, 5.41) is 4.30. The molecule has 0 spiro atoms. The Hall–Kier alpha value is -1.65. The summed E-state index contributed by atoms with van der Waals surface area (Å²) in [5.74, 6) is 0. The molecule has 0 bridgehead atoms. The number of aromatic nitrogens is 2. The Bertz CT molecular complexity index is 488. The molecular formula is C14H19N3O. The summed E-state index contributed by atoms with van der Waals surface area (Å²) in [6.45, 7) is 3.40. The number of nitrogens with zero attached hydrogens (tertiary/aromatic N) is 2. The van der Waals surface area contributed by atoms with Gasteiger partial charge in [-0.25, -0.2) is 0 Å². The van der Waals surface area contributed by atoms with Gasteiger partial charge in [0.2, 0.25) is 0 Å². The summed E-state index contributed by atoms with van der Waals surface area (Å²) < 4.78 is 7.03. The first kappa shape index (κ1) is 12.8. The van der Waals surface area contributed by atoms with Gasteiger partial charge in [-0.05, 0) is 24.1 Å². The van der Waals surface area contributed by atoms with Gasteiger partial charge in [-0.1, -0.05) is 24.3 Å².